The van der Waals surface area contributed by atoms with E-state index in [4.69, 9.17) is 28.3 Å². The number of aliphatic carboxylic acids is 1. The van der Waals surface area contributed by atoms with Crippen LogP contribution < -0.4 is 10.6 Å². The molecule has 3 aromatic carbocycles. The van der Waals surface area contributed by atoms with Gasteiger partial charge in [0.1, 0.15) is 5.69 Å². The van der Waals surface area contributed by atoms with E-state index in [1.165, 1.54) is 54.7 Å². The average molecular weight is 656 g/mol. The smallest absolute Gasteiger partial charge is 0.417 e. The Bertz CT molecular complexity index is 1690. The van der Waals surface area contributed by atoms with Crippen molar-refractivity contribution in [3.63, 3.8) is 0 Å². The molecule has 0 aliphatic heterocycles. The van der Waals surface area contributed by atoms with Gasteiger partial charge in [0.2, 0.25) is 0 Å². The van der Waals surface area contributed by atoms with Crippen LogP contribution in [-0.2, 0) is 23.7 Å². The quantitative estimate of drug-likeness (QED) is 0.157. The zero-order chi connectivity index (χ0) is 32.2. The molecule has 1 amide bonds. The Morgan fingerprint density at radius 2 is 1.55 bits per heavy atom. The number of hydrogen-bond acceptors (Lipinski definition) is 4. The second kappa shape index (κ2) is 13.1. The highest BCUT2D eigenvalue weighted by molar-refractivity contribution is 6.36. The molecule has 0 atom stereocenters. The highest BCUT2D eigenvalue weighted by atomic mass is 35.5. The number of amides is 1. The summed E-state index contributed by atoms with van der Waals surface area (Å²) in [4.78, 5) is 26.8. The second-order valence-electron chi connectivity index (χ2n) is 9.44. The van der Waals surface area contributed by atoms with Gasteiger partial charge in [-0.1, -0.05) is 47.5 Å². The molecule has 44 heavy (non-hydrogen) atoms. The normalized spacial score (nSPS) is 11.7. The van der Waals surface area contributed by atoms with Crippen LogP contribution in [-0.4, -0.2) is 28.5 Å². The van der Waals surface area contributed by atoms with E-state index < -0.39 is 35.4 Å². The van der Waals surface area contributed by atoms with Gasteiger partial charge in [0.15, 0.2) is 0 Å². The van der Waals surface area contributed by atoms with E-state index in [-0.39, 0.29) is 63.2 Å². The van der Waals surface area contributed by atoms with Gasteiger partial charge in [0, 0.05) is 46.1 Å². The minimum Gasteiger partial charge on any atom is -0.481 e. The summed E-state index contributed by atoms with van der Waals surface area (Å²) in [7, 11) is 0. The first-order valence-electron chi connectivity index (χ1n) is 12.7. The van der Waals surface area contributed by atoms with Gasteiger partial charge in [-0.15, -0.1) is 0 Å². The Labute approximate surface area is 256 Å². The third kappa shape index (κ3) is 8.00. The molecule has 0 aliphatic carbocycles. The van der Waals surface area contributed by atoms with Crippen LogP contribution in [0.1, 0.15) is 33.6 Å². The molecule has 0 bridgehead atoms. The number of carbonyl (C=O) groups excluding carboxylic acids is 1. The van der Waals surface area contributed by atoms with Crippen molar-refractivity contribution in [3.8, 4) is 22.3 Å². The summed E-state index contributed by atoms with van der Waals surface area (Å²) in [6.07, 6.45) is -8.58. The molecule has 0 aliphatic rings. The fraction of sp³-hybridized carbons (Fsp3) is 0.167. The van der Waals surface area contributed by atoms with Crippen molar-refractivity contribution in [3.05, 3.63) is 105 Å². The predicted octanol–water partition coefficient (Wildman–Crippen LogP) is 8.58. The SMILES string of the molecule is O=C(O)CCNC(=O)c1ccc(-c2cc(C(F)(F)F)ccc2CNc2ccc(-c3ccc(Cl)cc3Cl)c(C(F)(F)F)c2)cn1. The summed E-state index contributed by atoms with van der Waals surface area (Å²) in [5, 5.41) is 14.2. The summed E-state index contributed by atoms with van der Waals surface area (Å²) in [5.74, 6) is -1.79. The van der Waals surface area contributed by atoms with Crippen molar-refractivity contribution in [2.75, 3.05) is 11.9 Å². The Hall–Kier alpha value is -4.29. The maximum absolute atomic E-state index is 14.1. The monoisotopic (exact) mass is 655 g/mol. The number of pyridine rings is 1. The number of hydrogen-bond donors (Lipinski definition) is 3. The molecule has 0 spiro atoms. The second-order valence-corrected chi connectivity index (χ2v) is 10.3. The van der Waals surface area contributed by atoms with Crippen molar-refractivity contribution in [2.24, 2.45) is 0 Å². The molecule has 0 saturated heterocycles. The summed E-state index contributed by atoms with van der Waals surface area (Å²) >= 11 is 12.0. The van der Waals surface area contributed by atoms with E-state index in [1.807, 2.05) is 0 Å². The number of alkyl halides is 6. The summed E-state index contributed by atoms with van der Waals surface area (Å²) in [6, 6.07) is 13.2. The number of carboxylic acids is 1. The third-order valence-electron chi connectivity index (χ3n) is 6.40. The van der Waals surface area contributed by atoms with Gasteiger partial charge in [-0.3, -0.25) is 14.6 Å². The molecular formula is C30H21Cl2F6N3O3. The molecule has 0 unspecified atom stereocenters. The first-order valence-corrected chi connectivity index (χ1v) is 13.5. The Kier molecular flexibility index (Phi) is 9.75. The van der Waals surface area contributed by atoms with E-state index in [0.29, 0.717) is 5.56 Å². The zero-order valence-electron chi connectivity index (χ0n) is 22.3. The summed E-state index contributed by atoms with van der Waals surface area (Å²) in [5.41, 5.74) is -1.47. The Morgan fingerprint density at radius 3 is 2.16 bits per heavy atom. The van der Waals surface area contributed by atoms with Gasteiger partial charge in [-0.25, -0.2) is 0 Å². The van der Waals surface area contributed by atoms with Crippen LogP contribution in [0.3, 0.4) is 0 Å². The number of benzene rings is 3. The average Bonchev–Trinajstić information content (AvgIpc) is 2.95. The van der Waals surface area contributed by atoms with E-state index in [0.717, 1.165) is 18.2 Å². The molecule has 14 heteroatoms. The molecule has 4 aromatic rings. The molecular weight excluding hydrogens is 635 g/mol. The molecule has 230 valence electrons. The lowest BCUT2D eigenvalue weighted by molar-refractivity contribution is -0.138. The third-order valence-corrected chi connectivity index (χ3v) is 6.95. The zero-order valence-corrected chi connectivity index (χ0v) is 23.8. The number of carboxylic acid groups (broad SMARTS) is 1. The molecule has 1 aromatic heterocycles. The highest BCUT2D eigenvalue weighted by Gasteiger charge is 2.35. The van der Waals surface area contributed by atoms with Gasteiger partial charge in [0.05, 0.1) is 17.5 Å². The number of nitrogens with one attached hydrogen (secondary N) is 2. The van der Waals surface area contributed by atoms with Crippen LogP contribution in [0.4, 0.5) is 32.0 Å². The fourth-order valence-corrected chi connectivity index (χ4v) is 4.78. The first-order chi connectivity index (χ1) is 20.6. The van der Waals surface area contributed by atoms with Crippen molar-refractivity contribution >= 4 is 40.8 Å². The number of nitrogens with zero attached hydrogens (tertiary/aromatic N) is 1. The van der Waals surface area contributed by atoms with Crippen LogP contribution in [0.2, 0.25) is 10.0 Å². The first kappa shape index (κ1) is 32.6. The van der Waals surface area contributed by atoms with E-state index >= 15 is 0 Å². The van der Waals surface area contributed by atoms with Crippen molar-refractivity contribution < 1.29 is 41.0 Å². The molecule has 3 N–H and O–H groups in total. The number of rotatable bonds is 9. The van der Waals surface area contributed by atoms with Crippen LogP contribution >= 0.6 is 23.2 Å². The molecule has 0 radical (unpaired) electrons. The van der Waals surface area contributed by atoms with Gasteiger partial charge in [0.25, 0.3) is 5.91 Å². The van der Waals surface area contributed by atoms with E-state index in [2.05, 4.69) is 15.6 Å². The lowest BCUT2D eigenvalue weighted by atomic mass is 9.97. The topological polar surface area (TPSA) is 91.3 Å². The molecule has 0 saturated carbocycles. The van der Waals surface area contributed by atoms with Crippen molar-refractivity contribution in [1.29, 1.82) is 0 Å². The van der Waals surface area contributed by atoms with Crippen LogP contribution in [0.25, 0.3) is 22.3 Å². The molecule has 0 fully saturated rings. The minimum atomic E-state index is -4.76. The number of halogens is 8. The summed E-state index contributed by atoms with van der Waals surface area (Å²) in [6.45, 7) is -0.311. The van der Waals surface area contributed by atoms with Gasteiger partial charge in [-0.05, 0) is 59.2 Å². The molecule has 1 heterocycles. The Balaban J connectivity index is 1.64. The molecule has 6 nitrogen and oxygen atoms in total. The van der Waals surface area contributed by atoms with Crippen LogP contribution in [0, 0.1) is 0 Å². The maximum Gasteiger partial charge on any atom is 0.417 e. The van der Waals surface area contributed by atoms with Crippen molar-refractivity contribution in [2.45, 2.75) is 25.3 Å². The maximum atomic E-state index is 14.1. The number of anilines is 1. The fourth-order valence-electron chi connectivity index (χ4n) is 4.27. The van der Waals surface area contributed by atoms with Crippen molar-refractivity contribution in [1.82, 2.24) is 10.3 Å². The van der Waals surface area contributed by atoms with Crippen LogP contribution in [0.5, 0.6) is 0 Å². The van der Waals surface area contributed by atoms with E-state index in [9.17, 15) is 35.9 Å². The number of aromatic nitrogens is 1. The Morgan fingerprint density at radius 1 is 0.818 bits per heavy atom. The largest absolute Gasteiger partial charge is 0.481 e. The lowest BCUT2D eigenvalue weighted by Crippen LogP contribution is -2.26. The van der Waals surface area contributed by atoms with E-state index in [1.54, 1.807) is 0 Å². The minimum absolute atomic E-state index is 0.0236. The van der Waals surface area contributed by atoms with Gasteiger partial charge >= 0.3 is 18.3 Å². The molecule has 4 rings (SSSR count). The van der Waals surface area contributed by atoms with Crippen LogP contribution in [0.15, 0.2) is 72.9 Å². The summed E-state index contributed by atoms with van der Waals surface area (Å²) < 4.78 is 82.8. The van der Waals surface area contributed by atoms with Gasteiger partial charge in [-0.2, -0.15) is 26.3 Å². The predicted molar refractivity (Wildman–Crippen MR) is 153 cm³/mol. The highest BCUT2D eigenvalue weighted by Crippen LogP contribution is 2.42. The van der Waals surface area contributed by atoms with Gasteiger partial charge < -0.3 is 15.7 Å². The standard InChI is InChI=1S/C30H21Cl2F6N3O3/c31-19-4-6-22(25(32)12-19)21-7-5-20(13-24(21)30(36,37)38)40-14-16-1-3-18(29(33,34)35)11-23(16)17-2-8-26(41-15-17)28(44)39-10-9-27(42)43/h1-8,11-13,15,40H,9-10,14H2,(H,39,44)(H,42,43). The number of carbonyl (C=O) groups is 2. The lowest BCUT2D eigenvalue weighted by Gasteiger charge is -2.18.